The summed E-state index contributed by atoms with van der Waals surface area (Å²) in [6.07, 6.45) is 1.88. The van der Waals surface area contributed by atoms with Gasteiger partial charge in [0.05, 0.1) is 13.2 Å². The maximum absolute atomic E-state index is 10.2. The van der Waals surface area contributed by atoms with Gasteiger partial charge < -0.3 is 15.2 Å². The monoisotopic (exact) mass is 215 g/mol. The fourth-order valence-corrected chi connectivity index (χ4v) is 1.04. The van der Waals surface area contributed by atoms with Crippen molar-refractivity contribution in [1.29, 1.82) is 0 Å². The fraction of sp³-hybridized carbons (Fsp3) is 0.727. The van der Waals surface area contributed by atoms with Gasteiger partial charge >= 0.3 is 5.97 Å². The van der Waals surface area contributed by atoms with Crippen molar-refractivity contribution in [1.82, 2.24) is 5.32 Å². The van der Waals surface area contributed by atoms with Crippen LogP contribution in [-0.2, 0) is 9.53 Å². The Morgan fingerprint density at radius 3 is 2.73 bits per heavy atom. The SMILES string of the molecule is C=C(C)COCCNCCCCC(=O)O. The van der Waals surface area contributed by atoms with Crippen molar-refractivity contribution in [2.45, 2.75) is 26.2 Å². The lowest BCUT2D eigenvalue weighted by atomic mass is 10.2. The van der Waals surface area contributed by atoms with Crippen molar-refractivity contribution in [3.8, 4) is 0 Å². The van der Waals surface area contributed by atoms with E-state index < -0.39 is 5.97 Å². The lowest BCUT2D eigenvalue weighted by Crippen LogP contribution is -2.21. The van der Waals surface area contributed by atoms with E-state index in [1.807, 2.05) is 6.92 Å². The number of ether oxygens (including phenoxy) is 1. The van der Waals surface area contributed by atoms with Crippen LogP contribution in [0.4, 0.5) is 0 Å². The molecule has 0 atom stereocenters. The molecule has 0 amide bonds. The molecule has 0 unspecified atom stereocenters. The largest absolute Gasteiger partial charge is 0.481 e. The summed E-state index contributed by atoms with van der Waals surface area (Å²) >= 11 is 0. The summed E-state index contributed by atoms with van der Waals surface area (Å²) < 4.78 is 5.28. The molecular weight excluding hydrogens is 194 g/mol. The van der Waals surface area contributed by atoms with Gasteiger partial charge in [0.1, 0.15) is 0 Å². The zero-order valence-electron chi connectivity index (χ0n) is 9.42. The molecule has 0 aromatic rings. The highest BCUT2D eigenvalue weighted by atomic mass is 16.5. The second kappa shape index (κ2) is 9.68. The van der Waals surface area contributed by atoms with Crippen LogP contribution in [-0.4, -0.2) is 37.4 Å². The molecule has 0 aliphatic carbocycles. The molecule has 88 valence electrons. The van der Waals surface area contributed by atoms with Crippen molar-refractivity contribution in [3.05, 3.63) is 12.2 Å². The number of carbonyl (C=O) groups is 1. The van der Waals surface area contributed by atoms with Crippen LogP contribution in [0.3, 0.4) is 0 Å². The summed E-state index contributed by atoms with van der Waals surface area (Å²) in [6.45, 7) is 8.60. The van der Waals surface area contributed by atoms with E-state index in [2.05, 4.69) is 11.9 Å². The lowest BCUT2D eigenvalue weighted by molar-refractivity contribution is -0.137. The molecule has 4 nitrogen and oxygen atoms in total. The van der Waals surface area contributed by atoms with E-state index in [0.29, 0.717) is 13.2 Å². The van der Waals surface area contributed by atoms with Crippen molar-refractivity contribution in [2.24, 2.45) is 0 Å². The van der Waals surface area contributed by atoms with Gasteiger partial charge in [-0.05, 0) is 26.3 Å². The molecule has 0 radical (unpaired) electrons. The molecule has 0 bridgehead atoms. The third kappa shape index (κ3) is 13.1. The maximum Gasteiger partial charge on any atom is 0.303 e. The number of unbranched alkanes of at least 4 members (excludes halogenated alkanes) is 1. The Kier molecular flexibility index (Phi) is 9.11. The number of aliphatic carboxylic acids is 1. The Labute approximate surface area is 91.3 Å². The molecule has 2 N–H and O–H groups in total. The molecule has 0 aromatic heterocycles. The number of carboxylic acid groups (broad SMARTS) is 1. The van der Waals surface area contributed by atoms with Gasteiger partial charge in [-0.15, -0.1) is 0 Å². The Balaban J connectivity index is 2.99. The minimum atomic E-state index is -0.722. The second-order valence-electron chi connectivity index (χ2n) is 3.61. The molecule has 0 aromatic carbocycles. The van der Waals surface area contributed by atoms with E-state index in [9.17, 15) is 4.79 Å². The van der Waals surface area contributed by atoms with Crippen LogP contribution >= 0.6 is 0 Å². The van der Waals surface area contributed by atoms with E-state index in [4.69, 9.17) is 9.84 Å². The molecule has 0 spiro atoms. The summed E-state index contributed by atoms with van der Waals surface area (Å²) in [6, 6.07) is 0. The maximum atomic E-state index is 10.2. The first kappa shape index (κ1) is 14.1. The average Bonchev–Trinajstić information content (AvgIpc) is 2.14. The minimum Gasteiger partial charge on any atom is -0.481 e. The third-order valence-corrected chi connectivity index (χ3v) is 1.77. The average molecular weight is 215 g/mol. The summed E-state index contributed by atoms with van der Waals surface area (Å²) in [4.78, 5) is 10.2. The molecular formula is C11H21NO3. The van der Waals surface area contributed by atoms with Gasteiger partial charge in [0.25, 0.3) is 0 Å². The van der Waals surface area contributed by atoms with E-state index in [1.54, 1.807) is 0 Å². The second-order valence-corrected chi connectivity index (χ2v) is 3.61. The number of carboxylic acids is 1. The summed E-state index contributed by atoms with van der Waals surface area (Å²) in [5.41, 5.74) is 1.02. The summed E-state index contributed by atoms with van der Waals surface area (Å²) in [5, 5.41) is 11.6. The van der Waals surface area contributed by atoms with Gasteiger partial charge in [-0.3, -0.25) is 4.79 Å². The number of nitrogens with one attached hydrogen (secondary N) is 1. The molecule has 15 heavy (non-hydrogen) atoms. The van der Waals surface area contributed by atoms with Crippen LogP contribution in [0, 0.1) is 0 Å². The van der Waals surface area contributed by atoms with Crippen molar-refractivity contribution < 1.29 is 14.6 Å². The zero-order chi connectivity index (χ0) is 11.5. The van der Waals surface area contributed by atoms with Gasteiger partial charge in [-0.1, -0.05) is 12.2 Å². The Morgan fingerprint density at radius 2 is 2.13 bits per heavy atom. The van der Waals surface area contributed by atoms with Gasteiger partial charge in [0.15, 0.2) is 0 Å². The number of rotatable bonds is 10. The van der Waals surface area contributed by atoms with E-state index in [0.717, 1.165) is 31.5 Å². The van der Waals surface area contributed by atoms with Crippen LogP contribution in [0.2, 0.25) is 0 Å². The van der Waals surface area contributed by atoms with Gasteiger partial charge in [0, 0.05) is 13.0 Å². The Morgan fingerprint density at radius 1 is 1.40 bits per heavy atom. The van der Waals surface area contributed by atoms with Crippen LogP contribution in [0.25, 0.3) is 0 Å². The van der Waals surface area contributed by atoms with Gasteiger partial charge in [0.2, 0.25) is 0 Å². The molecule has 0 saturated carbocycles. The van der Waals surface area contributed by atoms with Crippen LogP contribution < -0.4 is 5.32 Å². The molecule has 4 heteroatoms. The molecule has 0 fully saturated rings. The molecule has 0 rings (SSSR count). The van der Waals surface area contributed by atoms with Crippen LogP contribution in [0.1, 0.15) is 26.2 Å². The highest BCUT2D eigenvalue weighted by Gasteiger charge is 1.95. The number of hydrogen-bond donors (Lipinski definition) is 2. The summed E-state index contributed by atoms with van der Waals surface area (Å²) in [7, 11) is 0. The highest BCUT2D eigenvalue weighted by Crippen LogP contribution is 1.93. The van der Waals surface area contributed by atoms with Crippen molar-refractivity contribution in [3.63, 3.8) is 0 Å². The lowest BCUT2D eigenvalue weighted by Gasteiger charge is -2.05. The quantitative estimate of drug-likeness (QED) is 0.427. The Hall–Kier alpha value is -0.870. The zero-order valence-corrected chi connectivity index (χ0v) is 9.42. The molecule has 0 aliphatic heterocycles. The standard InChI is InChI=1S/C11H21NO3/c1-10(2)9-15-8-7-12-6-4-3-5-11(13)14/h12H,1,3-9H2,2H3,(H,13,14). The first-order chi connectivity index (χ1) is 7.13. The minimum absolute atomic E-state index is 0.258. The van der Waals surface area contributed by atoms with E-state index in [-0.39, 0.29) is 6.42 Å². The Bertz CT molecular complexity index is 172. The van der Waals surface area contributed by atoms with Crippen LogP contribution in [0.15, 0.2) is 12.2 Å². The normalized spacial score (nSPS) is 10.2. The van der Waals surface area contributed by atoms with Crippen molar-refractivity contribution in [2.75, 3.05) is 26.3 Å². The van der Waals surface area contributed by atoms with Crippen LogP contribution in [0.5, 0.6) is 0 Å². The predicted molar refractivity (Wildman–Crippen MR) is 60.0 cm³/mol. The third-order valence-electron chi connectivity index (χ3n) is 1.77. The topological polar surface area (TPSA) is 58.6 Å². The van der Waals surface area contributed by atoms with E-state index in [1.165, 1.54) is 0 Å². The fourth-order valence-electron chi connectivity index (χ4n) is 1.04. The highest BCUT2D eigenvalue weighted by molar-refractivity contribution is 5.66. The number of hydrogen-bond acceptors (Lipinski definition) is 3. The molecule has 0 heterocycles. The van der Waals surface area contributed by atoms with E-state index >= 15 is 0 Å². The predicted octanol–water partition coefficient (Wildman–Crippen LogP) is 1.42. The molecule has 0 saturated heterocycles. The first-order valence-corrected chi connectivity index (χ1v) is 5.27. The van der Waals surface area contributed by atoms with Gasteiger partial charge in [-0.2, -0.15) is 0 Å². The van der Waals surface area contributed by atoms with Gasteiger partial charge in [-0.25, -0.2) is 0 Å². The molecule has 0 aliphatic rings. The summed E-state index contributed by atoms with van der Waals surface area (Å²) in [5.74, 6) is -0.722. The smallest absolute Gasteiger partial charge is 0.303 e. The first-order valence-electron chi connectivity index (χ1n) is 5.27. The van der Waals surface area contributed by atoms with Crippen molar-refractivity contribution >= 4 is 5.97 Å².